The molecule has 7 nitrogen and oxygen atoms in total. The van der Waals surface area contributed by atoms with Gasteiger partial charge in [-0.15, -0.1) is 0 Å². The summed E-state index contributed by atoms with van der Waals surface area (Å²) in [6.45, 7) is 4.44. The van der Waals surface area contributed by atoms with Crippen molar-refractivity contribution < 1.29 is 19.3 Å². The fourth-order valence-electron chi connectivity index (χ4n) is 2.24. The molecule has 0 saturated carbocycles. The van der Waals surface area contributed by atoms with E-state index < -0.39 is 36.4 Å². The maximum Gasteiger partial charge on any atom is 0.351 e. The van der Waals surface area contributed by atoms with Crippen LogP contribution in [-0.2, 0) is 4.74 Å². The molecule has 2 N–H and O–H groups in total. The Hall–Kier alpha value is -1.64. The Labute approximate surface area is 127 Å². The van der Waals surface area contributed by atoms with Crippen LogP contribution in [0.25, 0.3) is 0 Å². The lowest BCUT2D eigenvalue weighted by molar-refractivity contribution is -0.0610. The molecule has 1 fully saturated rings. The molecule has 2 heterocycles. The topological polar surface area (TPSA) is 96.9 Å². The van der Waals surface area contributed by atoms with Crippen LogP contribution >= 0.6 is 0 Å². The summed E-state index contributed by atoms with van der Waals surface area (Å²) in [5.41, 5.74) is -2.96. The Morgan fingerprint density at radius 1 is 1.64 bits per heavy atom. The molecule has 4 atom stereocenters. The number of aliphatic hydroxyl groups excluding tert-OH is 2. The van der Waals surface area contributed by atoms with Gasteiger partial charge in [0.1, 0.15) is 12.2 Å². The predicted octanol–water partition coefficient (Wildman–Crippen LogP) is 0.580. The standard InChI is InChI=1S/C14H20FN3O4/c1-8(2)6-16-10-4-5-18(13(21)17-10)12-14(3,15)11(20)9(7-19)22-12/h4-6,8-9,11-12,19-20H,7H2,1-3H3/t9-,11-,12-,14-/m1/s1. The van der Waals surface area contributed by atoms with Crippen LogP contribution in [0.3, 0.4) is 0 Å². The Morgan fingerprint density at radius 3 is 2.82 bits per heavy atom. The number of nitrogens with zero attached hydrogens (tertiary/aromatic N) is 3. The number of aliphatic imine (C=N–C) groups is 1. The molecule has 0 unspecified atom stereocenters. The maximum atomic E-state index is 14.6. The molecule has 1 aromatic rings. The van der Waals surface area contributed by atoms with E-state index in [0.717, 1.165) is 11.5 Å². The Bertz CT molecular complexity index is 614. The van der Waals surface area contributed by atoms with E-state index in [1.807, 2.05) is 13.8 Å². The molecule has 1 saturated heterocycles. The molecule has 0 aliphatic carbocycles. The third-order valence-corrected chi connectivity index (χ3v) is 3.47. The fourth-order valence-corrected chi connectivity index (χ4v) is 2.24. The van der Waals surface area contributed by atoms with Crippen molar-refractivity contribution in [2.75, 3.05) is 6.61 Å². The highest BCUT2D eigenvalue weighted by Crippen LogP contribution is 2.40. The number of aliphatic hydroxyl groups is 2. The van der Waals surface area contributed by atoms with E-state index in [9.17, 15) is 14.3 Å². The van der Waals surface area contributed by atoms with E-state index in [1.165, 1.54) is 12.3 Å². The van der Waals surface area contributed by atoms with Crippen LogP contribution < -0.4 is 5.69 Å². The number of hydrogen-bond donors (Lipinski definition) is 2. The summed E-state index contributed by atoms with van der Waals surface area (Å²) >= 11 is 0. The quantitative estimate of drug-likeness (QED) is 0.793. The van der Waals surface area contributed by atoms with Crippen molar-refractivity contribution in [3.63, 3.8) is 0 Å². The number of halogens is 1. The minimum Gasteiger partial charge on any atom is -0.394 e. The highest BCUT2D eigenvalue weighted by Gasteiger charge is 2.55. The number of ether oxygens (including phenoxy) is 1. The van der Waals surface area contributed by atoms with E-state index in [-0.39, 0.29) is 11.7 Å². The fraction of sp³-hybridized carbons (Fsp3) is 0.643. The molecule has 0 spiro atoms. The molecule has 2 rings (SSSR count). The van der Waals surface area contributed by atoms with Crippen LogP contribution in [0.15, 0.2) is 22.1 Å². The van der Waals surface area contributed by atoms with Crippen molar-refractivity contribution >= 4 is 12.0 Å². The first-order valence-electron chi connectivity index (χ1n) is 7.04. The first kappa shape index (κ1) is 16.7. The van der Waals surface area contributed by atoms with Crippen LogP contribution in [0.4, 0.5) is 10.2 Å². The van der Waals surface area contributed by atoms with Gasteiger partial charge in [-0.3, -0.25) is 4.57 Å². The first-order chi connectivity index (χ1) is 10.3. The van der Waals surface area contributed by atoms with Crippen LogP contribution in [0.2, 0.25) is 0 Å². The van der Waals surface area contributed by atoms with Gasteiger partial charge >= 0.3 is 5.69 Å². The second-order valence-corrected chi connectivity index (χ2v) is 5.80. The van der Waals surface area contributed by atoms with Gasteiger partial charge in [-0.2, -0.15) is 4.98 Å². The highest BCUT2D eigenvalue weighted by atomic mass is 19.1. The number of rotatable bonds is 4. The van der Waals surface area contributed by atoms with E-state index in [2.05, 4.69) is 9.98 Å². The molecule has 122 valence electrons. The highest BCUT2D eigenvalue weighted by molar-refractivity contribution is 5.63. The van der Waals surface area contributed by atoms with Crippen molar-refractivity contribution in [3.05, 3.63) is 22.7 Å². The lowest BCUT2D eigenvalue weighted by Crippen LogP contribution is -2.42. The first-order valence-corrected chi connectivity index (χ1v) is 7.04. The van der Waals surface area contributed by atoms with Crippen LogP contribution in [0, 0.1) is 5.92 Å². The molecule has 1 aromatic heterocycles. The Kier molecular flexibility index (Phi) is 4.74. The van der Waals surface area contributed by atoms with Gasteiger partial charge in [0.15, 0.2) is 17.7 Å². The molecule has 0 radical (unpaired) electrons. The molecule has 8 heteroatoms. The molecule has 22 heavy (non-hydrogen) atoms. The lowest BCUT2D eigenvalue weighted by Gasteiger charge is -2.24. The second-order valence-electron chi connectivity index (χ2n) is 5.80. The maximum absolute atomic E-state index is 14.6. The Morgan fingerprint density at radius 2 is 2.32 bits per heavy atom. The molecule has 1 aliphatic rings. The zero-order valence-electron chi connectivity index (χ0n) is 12.7. The SMILES string of the molecule is CC(C)C=Nc1ccn([C@@H]2O[C@H](CO)[C@@H](O)[C@@]2(C)F)c(=O)n1. The summed E-state index contributed by atoms with van der Waals surface area (Å²) in [4.78, 5) is 19.8. The largest absolute Gasteiger partial charge is 0.394 e. The van der Waals surface area contributed by atoms with Crippen LogP contribution in [0.1, 0.15) is 27.0 Å². The second kappa shape index (κ2) is 6.23. The van der Waals surface area contributed by atoms with Crippen molar-refractivity contribution in [2.24, 2.45) is 10.9 Å². The summed E-state index contributed by atoms with van der Waals surface area (Å²) in [6.07, 6.45) is -1.03. The van der Waals surface area contributed by atoms with Crippen LogP contribution in [0.5, 0.6) is 0 Å². The summed E-state index contributed by atoms with van der Waals surface area (Å²) in [6, 6.07) is 1.46. The average Bonchev–Trinajstić information content (AvgIpc) is 2.68. The average molecular weight is 313 g/mol. The molecular weight excluding hydrogens is 293 g/mol. The van der Waals surface area contributed by atoms with Gasteiger partial charge < -0.3 is 14.9 Å². The monoisotopic (exact) mass is 313 g/mol. The molecule has 0 amide bonds. The number of hydrogen-bond acceptors (Lipinski definition) is 6. The van der Waals surface area contributed by atoms with Gasteiger partial charge in [-0.05, 0) is 18.9 Å². The van der Waals surface area contributed by atoms with Gasteiger partial charge in [0, 0.05) is 12.4 Å². The van der Waals surface area contributed by atoms with Gasteiger partial charge in [0.05, 0.1) is 6.61 Å². The zero-order chi connectivity index (χ0) is 16.5. The smallest absolute Gasteiger partial charge is 0.351 e. The number of aromatic nitrogens is 2. The summed E-state index contributed by atoms with van der Waals surface area (Å²) < 4.78 is 20.8. The number of alkyl halides is 1. The zero-order valence-corrected chi connectivity index (χ0v) is 12.7. The van der Waals surface area contributed by atoms with E-state index in [1.54, 1.807) is 6.21 Å². The van der Waals surface area contributed by atoms with E-state index in [4.69, 9.17) is 9.84 Å². The third-order valence-electron chi connectivity index (χ3n) is 3.47. The van der Waals surface area contributed by atoms with Gasteiger partial charge in [-0.25, -0.2) is 14.2 Å². The van der Waals surface area contributed by atoms with Gasteiger partial charge in [-0.1, -0.05) is 13.8 Å². The predicted molar refractivity (Wildman–Crippen MR) is 78.0 cm³/mol. The Balaban J connectivity index is 2.32. The van der Waals surface area contributed by atoms with Crippen molar-refractivity contribution in [3.8, 4) is 0 Å². The molecule has 0 bridgehead atoms. The van der Waals surface area contributed by atoms with E-state index in [0.29, 0.717) is 0 Å². The minimum absolute atomic E-state index is 0.206. The summed E-state index contributed by atoms with van der Waals surface area (Å²) in [5, 5.41) is 18.9. The van der Waals surface area contributed by atoms with E-state index >= 15 is 0 Å². The molecule has 0 aromatic carbocycles. The third kappa shape index (κ3) is 3.08. The van der Waals surface area contributed by atoms with Gasteiger partial charge in [0.2, 0.25) is 0 Å². The van der Waals surface area contributed by atoms with Crippen LogP contribution in [-0.4, -0.2) is 50.5 Å². The van der Waals surface area contributed by atoms with Crippen molar-refractivity contribution in [2.45, 2.75) is 44.9 Å². The molecular formula is C14H20FN3O4. The normalized spacial score (nSPS) is 32.2. The van der Waals surface area contributed by atoms with Gasteiger partial charge in [0.25, 0.3) is 0 Å². The lowest BCUT2D eigenvalue weighted by atomic mass is 9.98. The van der Waals surface area contributed by atoms with Crippen molar-refractivity contribution in [1.29, 1.82) is 0 Å². The summed E-state index contributed by atoms with van der Waals surface area (Å²) in [5.74, 6) is 0.421. The minimum atomic E-state index is -2.22. The summed E-state index contributed by atoms with van der Waals surface area (Å²) in [7, 11) is 0. The van der Waals surface area contributed by atoms with Crippen molar-refractivity contribution in [1.82, 2.24) is 9.55 Å². The molecule has 1 aliphatic heterocycles.